The fraction of sp³-hybridized carbons (Fsp3) is 0.500. The summed E-state index contributed by atoms with van der Waals surface area (Å²) in [5.74, 6) is 0. The van der Waals surface area contributed by atoms with E-state index in [0.717, 1.165) is 24.5 Å². The number of halogens is 1. The van der Waals surface area contributed by atoms with Crippen LogP contribution in [0, 0.1) is 0 Å². The van der Waals surface area contributed by atoms with Gasteiger partial charge in [0.15, 0.2) is 0 Å². The number of benzene rings is 1. The lowest BCUT2D eigenvalue weighted by Gasteiger charge is -2.29. The van der Waals surface area contributed by atoms with Crippen molar-refractivity contribution in [3.63, 3.8) is 0 Å². The zero-order valence-corrected chi connectivity index (χ0v) is 9.63. The second-order valence-electron chi connectivity index (χ2n) is 4.02. The molecule has 1 aromatic carbocycles. The van der Waals surface area contributed by atoms with E-state index >= 15 is 0 Å². The van der Waals surface area contributed by atoms with Crippen molar-refractivity contribution in [3.05, 3.63) is 34.9 Å². The maximum absolute atomic E-state index is 6.10. The normalized spacial score (nSPS) is 26.5. The molecule has 0 aliphatic carbocycles. The van der Waals surface area contributed by atoms with E-state index in [1.807, 2.05) is 18.2 Å². The molecule has 0 amide bonds. The summed E-state index contributed by atoms with van der Waals surface area (Å²) in [7, 11) is 0. The van der Waals surface area contributed by atoms with Crippen LogP contribution in [0.3, 0.4) is 0 Å². The first-order valence-corrected chi connectivity index (χ1v) is 5.73. The number of ether oxygens (including phenoxy) is 1. The van der Waals surface area contributed by atoms with Crippen LogP contribution in [-0.4, -0.2) is 25.3 Å². The van der Waals surface area contributed by atoms with E-state index < -0.39 is 0 Å². The molecule has 1 aromatic rings. The summed E-state index contributed by atoms with van der Waals surface area (Å²) in [6, 6.07) is 7.96. The van der Waals surface area contributed by atoms with Crippen LogP contribution < -0.4 is 5.32 Å². The fourth-order valence-electron chi connectivity index (χ4n) is 1.90. The Morgan fingerprint density at radius 3 is 2.93 bits per heavy atom. The topological polar surface area (TPSA) is 21.3 Å². The summed E-state index contributed by atoms with van der Waals surface area (Å²) in [6.45, 7) is 3.94. The Morgan fingerprint density at radius 1 is 1.40 bits per heavy atom. The largest absolute Gasteiger partial charge is 0.372 e. The Balaban J connectivity index is 1.99. The molecule has 1 aliphatic rings. The molecule has 0 aromatic heterocycles. The lowest BCUT2D eigenvalue weighted by Crippen LogP contribution is -2.44. The van der Waals surface area contributed by atoms with Crippen molar-refractivity contribution in [2.24, 2.45) is 0 Å². The quantitative estimate of drug-likeness (QED) is 0.834. The summed E-state index contributed by atoms with van der Waals surface area (Å²) >= 11 is 6.10. The minimum absolute atomic E-state index is 0.244. The van der Waals surface area contributed by atoms with Crippen LogP contribution in [0.4, 0.5) is 0 Å². The van der Waals surface area contributed by atoms with E-state index in [0.29, 0.717) is 6.10 Å². The Bertz CT molecular complexity index is 329. The first-order chi connectivity index (χ1) is 7.25. The van der Waals surface area contributed by atoms with Gasteiger partial charge in [0, 0.05) is 24.5 Å². The minimum atomic E-state index is 0.244. The standard InChI is InChI=1S/C12H16ClNO/c1-9-7-14-8-11(15-9)6-10-4-2-3-5-12(10)13/h2-5,9,11,14H,6-8H2,1H3. The molecule has 2 unspecified atom stereocenters. The lowest BCUT2D eigenvalue weighted by molar-refractivity contribution is -0.0262. The Morgan fingerprint density at radius 2 is 2.20 bits per heavy atom. The Kier molecular flexibility index (Phi) is 3.62. The number of nitrogens with one attached hydrogen (secondary N) is 1. The zero-order valence-electron chi connectivity index (χ0n) is 8.87. The van der Waals surface area contributed by atoms with Crippen molar-refractivity contribution in [2.45, 2.75) is 25.6 Å². The van der Waals surface area contributed by atoms with Gasteiger partial charge in [-0.2, -0.15) is 0 Å². The highest BCUT2D eigenvalue weighted by Gasteiger charge is 2.19. The summed E-state index contributed by atoms with van der Waals surface area (Å²) < 4.78 is 5.82. The van der Waals surface area contributed by atoms with Gasteiger partial charge in [0.2, 0.25) is 0 Å². The molecule has 3 heteroatoms. The van der Waals surface area contributed by atoms with E-state index in [1.165, 1.54) is 5.56 Å². The third-order valence-electron chi connectivity index (χ3n) is 2.63. The van der Waals surface area contributed by atoms with Crippen molar-refractivity contribution >= 4 is 11.6 Å². The molecule has 0 radical (unpaired) electrons. The second kappa shape index (κ2) is 4.97. The van der Waals surface area contributed by atoms with Crippen molar-refractivity contribution in [3.8, 4) is 0 Å². The number of hydrogen-bond donors (Lipinski definition) is 1. The molecule has 2 rings (SSSR count). The first kappa shape index (κ1) is 10.9. The molecule has 1 fully saturated rings. The van der Waals surface area contributed by atoms with Gasteiger partial charge < -0.3 is 10.1 Å². The van der Waals surface area contributed by atoms with Gasteiger partial charge in [-0.3, -0.25) is 0 Å². The van der Waals surface area contributed by atoms with Gasteiger partial charge in [-0.15, -0.1) is 0 Å². The molecule has 1 heterocycles. The van der Waals surface area contributed by atoms with Crippen LogP contribution in [0.5, 0.6) is 0 Å². The summed E-state index contributed by atoms with van der Waals surface area (Å²) in [4.78, 5) is 0. The number of morpholine rings is 1. The molecule has 0 bridgehead atoms. The van der Waals surface area contributed by atoms with Crippen LogP contribution in [-0.2, 0) is 11.2 Å². The van der Waals surface area contributed by atoms with E-state index in [2.05, 4.69) is 18.3 Å². The van der Waals surface area contributed by atoms with Crippen LogP contribution in [0.2, 0.25) is 5.02 Å². The van der Waals surface area contributed by atoms with Crippen molar-refractivity contribution in [1.29, 1.82) is 0 Å². The second-order valence-corrected chi connectivity index (χ2v) is 4.43. The molecule has 1 N–H and O–H groups in total. The monoisotopic (exact) mass is 225 g/mol. The molecular weight excluding hydrogens is 210 g/mol. The fourth-order valence-corrected chi connectivity index (χ4v) is 2.11. The molecule has 2 atom stereocenters. The maximum Gasteiger partial charge on any atom is 0.0744 e. The van der Waals surface area contributed by atoms with Gasteiger partial charge in [-0.05, 0) is 18.6 Å². The molecule has 15 heavy (non-hydrogen) atoms. The van der Waals surface area contributed by atoms with Gasteiger partial charge >= 0.3 is 0 Å². The molecule has 1 aliphatic heterocycles. The average molecular weight is 226 g/mol. The molecule has 0 spiro atoms. The van der Waals surface area contributed by atoms with Crippen LogP contribution in [0.25, 0.3) is 0 Å². The summed E-state index contributed by atoms with van der Waals surface area (Å²) in [5, 5.41) is 4.19. The molecular formula is C12H16ClNO. The molecule has 0 saturated carbocycles. The predicted molar refractivity (Wildman–Crippen MR) is 62.4 cm³/mol. The zero-order chi connectivity index (χ0) is 10.7. The third kappa shape index (κ3) is 2.94. The highest BCUT2D eigenvalue weighted by molar-refractivity contribution is 6.31. The van der Waals surface area contributed by atoms with Crippen LogP contribution >= 0.6 is 11.6 Å². The summed E-state index contributed by atoms with van der Waals surface area (Å²) in [5.41, 5.74) is 1.17. The first-order valence-electron chi connectivity index (χ1n) is 5.35. The van der Waals surface area contributed by atoms with Gasteiger partial charge in [0.25, 0.3) is 0 Å². The van der Waals surface area contributed by atoms with E-state index in [9.17, 15) is 0 Å². The van der Waals surface area contributed by atoms with Crippen molar-refractivity contribution in [1.82, 2.24) is 5.32 Å². The molecule has 1 saturated heterocycles. The van der Waals surface area contributed by atoms with Gasteiger partial charge in [-0.1, -0.05) is 29.8 Å². The molecule has 2 nitrogen and oxygen atoms in total. The number of rotatable bonds is 2. The Hall–Kier alpha value is -0.570. The molecule has 82 valence electrons. The number of hydrogen-bond acceptors (Lipinski definition) is 2. The van der Waals surface area contributed by atoms with Gasteiger partial charge in [0.05, 0.1) is 12.2 Å². The predicted octanol–water partition coefficient (Wildman–Crippen LogP) is 2.26. The smallest absolute Gasteiger partial charge is 0.0744 e. The SMILES string of the molecule is CC1CNCC(Cc2ccccc2Cl)O1. The highest BCUT2D eigenvalue weighted by atomic mass is 35.5. The Labute approximate surface area is 95.6 Å². The third-order valence-corrected chi connectivity index (χ3v) is 3.00. The van der Waals surface area contributed by atoms with E-state index in [-0.39, 0.29) is 6.10 Å². The van der Waals surface area contributed by atoms with E-state index in [1.54, 1.807) is 0 Å². The van der Waals surface area contributed by atoms with Crippen LogP contribution in [0.15, 0.2) is 24.3 Å². The highest BCUT2D eigenvalue weighted by Crippen LogP contribution is 2.18. The maximum atomic E-state index is 6.10. The van der Waals surface area contributed by atoms with Crippen molar-refractivity contribution in [2.75, 3.05) is 13.1 Å². The minimum Gasteiger partial charge on any atom is -0.372 e. The summed E-state index contributed by atoms with van der Waals surface area (Å²) in [6.07, 6.45) is 1.43. The average Bonchev–Trinajstić information content (AvgIpc) is 2.22. The van der Waals surface area contributed by atoms with Gasteiger partial charge in [-0.25, -0.2) is 0 Å². The van der Waals surface area contributed by atoms with Crippen molar-refractivity contribution < 1.29 is 4.74 Å². The lowest BCUT2D eigenvalue weighted by atomic mass is 10.1. The van der Waals surface area contributed by atoms with Gasteiger partial charge in [0.1, 0.15) is 0 Å². The van der Waals surface area contributed by atoms with E-state index in [4.69, 9.17) is 16.3 Å². The van der Waals surface area contributed by atoms with Crippen LogP contribution in [0.1, 0.15) is 12.5 Å².